The Labute approximate surface area is 127 Å². The highest BCUT2D eigenvalue weighted by Gasteiger charge is 2.16. The lowest BCUT2D eigenvalue weighted by atomic mass is 10.2. The van der Waals surface area contributed by atoms with Crippen molar-refractivity contribution in [2.45, 2.75) is 18.4 Å². The summed E-state index contributed by atoms with van der Waals surface area (Å²) in [6, 6.07) is 4.98. The Morgan fingerprint density at radius 3 is 2.62 bits per heavy atom. The summed E-state index contributed by atoms with van der Waals surface area (Å²) in [4.78, 5) is 15.5. The second kappa shape index (κ2) is 6.00. The lowest BCUT2D eigenvalue weighted by Crippen LogP contribution is -2.24. The van der Waals surface area contributed by atoms with Crippen LogP contribution in [0.3, 0.4) is 0 Å². The van der Waals surface area contributed by atoms with Gasteiger partial charge in [0.1, 0.15) is 0 Å². The summed E-state index contributed by atoms with van der Waals surface area (Å²) in [5.74, 6) is 0. The van der Waals surface area contributed by atoms with Crippen LogP contribution < -0.4 is 14.5 Å². The quantitative estimate of drug-likeness (QED) is 0.867. The monoisotopic (exact) mass is 327 g/mol. The number of sulfonamides is 1. The van der Waals surface area contributed by atoms with Gasteiger partial charge in [-0.1, -0.05) is 17.4 Å². The predicted molar refractivity (Wildman–Crippen MR) is 84.5 cm³/mol. The fourth-order valence-electron chi connectivity index (χ4n) is 1.89. The molecule has 1 aromatic carbocycles. The van der Waals surface area contributed by atoms with E-state index >= 15 is 0 Å². The Kier molecular flexibility index (Phi) is 4.50. The molecule has 0 radical (unpaired) electrons. The molecule has 6 nitrogen and oxygen atoms in total. The van der Waals surface area contributed by atoms with Crippen molar-refractivity contribution >= 4 is 27.0 Å². The molecular weight excluding hydrogens is 310 g/mol. The second-order valence-electron chi connectivity index (χ2n) is 4.84. The first-order valence-corrected chi connectivity index (χ1v) is 8.60. The van der Waals surface area contributed by atoms with Crippen molar-refractivity contribution in [1.29, 1.82) is 0 Å². The van der Waals surface area contributed by atoms with Gasteiger partial charge in [-0.25, -0.2) is 13.1 Å². The van der Waals surface area contributed by atoms with Gasteiger partial charge in [0.15, 0.2) is 0 Å². The van der Waals surface area contributed by atoms with Gasteiger partial charge in [0, 0.05) is 30.9 Å². The maximum absolute atomic E-state index is 12.3. The van der Waals surface area contributed by atoms with Crippen molar-refractivity contribution in [2.24, 2.45) is 0 Å². The first-order chi connectivity index (χ1) is 9.79. The highest BCUT2D eigenvalue weighted by molar-refractivity contribution is 7.89. The summed E-state index contributed by atoms with van der Waals surface area (Å²) < 4.78 is 27.0. The number of rotatable bonds is 5. The number of aromatic nitrogens is 1. The standard InChI is InChI=1S/C13H17N3O3S2/c1-9-4-5-11(6-12(9)16(2)3)21(18,19)14-7-10-8-20-13(17)15-10/h4-6,8,14H,7H2,1-3H3,(H,15,17). The van der Waals surface area contributed by atoms with Crippen molar-refractivity contribution in [3.8, 4) is 0 Å². The number of nitrogens with zero attached hydrogens (tertiary/aromatic N) is 1. The Bertz CT molecular complexity index is 791. The number of thiazole rings is 1. The van der Waals surface area contributed by atoms with E-state index in [2.05, 4.69) is 9.71 Å². The molecule has 1 heterocycles. The lowest BCUT2D eigenvalue weighted by molar-refractivity contribution is 0.580. The molecule has 0 saturated carbocycles. The van der Waals surface area contributed by atoms with Crippen molar-refractivity contribution in [3.05, 3.63) is 44.5 Å². The van der Waals surface area contributed by atoms with Gasteiger partial charge in [0.05, 0.1) is 11.4 Å². The van der Waals surface area contributed by atoms with Crippen molar-refractivity contribution in [1.82, 2.24) is 9.71 Å². The van der Waals surface area contributed by atoms with E-state index in [9.17, 15) is 13.2 Å². The van der Waals surface area contributed by atoms with Crippen LogP contribution in [-0.4, -0.2) is 27.5 Å². The molecule has 2 N–H and O–H groups in total. The average Bonchev–Trinajstić information content (AvgIpc) is 2.82. The van der Waals surface area contributed by atoms with E-state index in [0.29, 0.717) is 5.69 Å². The third-order valence-electron chi connectivity index (χ3n) is 3.00. The van der Waals surface area contributed by atoms with Crippen molar-refractivity contribution < 1.29 is 8.42 Å². The van der Waals surface area contributed by atoms with Crippen molar-refractivity contribution in [3.63, 3.8) is 0 Å². The topological polar surface area (TPSA) is 82.3 Å². The zero-order valence-electron chi connectivity index (χ0n) is 12.0. The van der Waals surface area contributed by atoms with Crippen LogP contribution in [0.2, 0.25) is 0 Å². The summed E-state index contributed by atoms with van der Waals surface area (Å²) in [5.41, 5.74) is 2.40. The summed E-state index contributed by atoms with van der Waals surface area (Å²) in [7, 11) is 0.111. The second-order valence-corrected chi connectivity index (χ2v) is 7.45. The van der Waals surface area contributed by atoms with Gasteiger partial charge >= 0.3 is 4.87 Å². The SMILES string of the molecule is Cc1ccc(S(=O)(=O)NCc2csc(=O)[nH]2)cc1N(C)C. The van der Waals surface area contributed by atoms with E-state index in [1.807, 2.05) is 25.9 Å². The lowest BCUT2D eigenvalue weighted by Gasteiger charge is -2.17. The van der Waals surface area contributed by atoms with E-state index < -0.39 is 10.0 Å². The van der Waals surface area contributed by atoms with Crippen LogP contribution in [0.15, 0.2) is 33.3 Å². The number of H-pyrrole nitrogens is 1. The van der Waals surface area contributed by atoms with E-state index in [0.717, 1.165) is 22.6 Å². The third-order valence-corrected chi connectivity index (χ3v) is 5.11. The van der Waals surface area contributed by atoms with E-state index in [-0.39, 0.29) is 16.3 Å². The van der Waals surface area contributed by atoms with Crippen LogP contribution in [0.4, 0.5) is 5.69 Å². The Morgan fingerprint density at radius 1 is 1.33 bits per heavy atom. The minimum absolute atomic E-state index is 0.0618. The third kappa shape index (κ3) is 3.72. The molecule has 2 aromatic rings. The fourth-order valence-corrected chi connectivity index (χ4v) is 3.50. The number of hydrogen-bond donors (Lipinski definition) is 2. The summed E-state index contributed by atoms with van der Waals surface area (Å²) in [6.07, 6.45) is 0. The Hall–Kier alpha value is -1.64. The maximum Gasteiger partial charge on any atom is 0.304 e. The van der Waals surface area contributed by atoms with Crippen LogP contribution in [0, 0.1) is 6.92 Å². The zero-order valence-corrected chi connectivity index (χ0v) is 13.6. The number of nitrogens with one attached hydrogen (secondary N) is 2. The molecule has 0 spiro atoms. The number of anilines is 1. The van der Waals surface area contributed by atoms with E-state index in [1.165, 1.54) is 0 Å². The molecule has 114 valence electrons. The number of aryl methyl sites for hydroxylation is 1. The molecule has 0 unspecified atom stereocenters. The summed E-state index contributed by atoms with van der Waals surface area (Å²) >= 11 is 1.01. The van der Waals surface area contributed by atoms with Crippen LogP contribution >= 0.6 is 11.3 Å². The van der Waals surface area contributed by atoms with Crippen LogP contribution in [0.5, 0.6) is 0 Å². The van der Waals surface area contributed by atoms with Gasteiger partial charge in [-0.05, 0) is 24.6 Å². The zero-order chi connectivity index (χ0) is 15.6. The highest BCUT2D eigenvalue weighted by atomic mass is 32.2. The summed E-state index contributed by atoms with van der Waals surface area (Å²) in [5, 5.41) is 1.60. The van der Waals surface area contributed by atoms with Gasteiger partial charge < -0.3 is 9.88 Å². The molecule has 0 fully saturated rings. The first kappa shape index (κ1) is 15.7. The van der Waals surface area contributed by atoms with Gasteiger partial charge in [0.2, 0.25) is 10.0 Å². The number of hydrogen-bond acceptors (Lipinski definition) is 5. The fraction of sp³-hybridized carbons (Fsp3) is 0.308. The van der Waals surface area contributed by atoms with Crippen LogP contribution in [0.25, 0.3) is 0 Å². The highest BCUT2D eigenvalue weighted by Crippen LogP contribution is 2.22. The van der Waals surface area contributed by atoms with Crippen LogP contribution in [-0.2, 0) is 16.6 Å². The molecule has 0 aliphatic rings. The molecule has 21 heavy (non-hydrogen) atoms. The molecule has 0 amide bonds. The number of benzene rings is 1. The van der Waals surface area contributed by atoms with Gasteiger partial charge in [-0.3, -0.25) is 4.79 Å². The smallest absolute Gasteiger partial charge is 0.304 e. The molecular formula is C13H17N3O3S2. The molecule has 0 bridgehead atoms. The minimum atomic E-state index is -3.62. The molecule has 8 heteroatoms. The minimum Gasteiger partial charge on any atom is -0.377 e. The Morgan fingerprint density at radius 2 is 2.05 bits per heavy atom. The van der Waals surface area contributed by atoms with Gasteiger partial charge in [0.25, 0.3) is 0 Å². The molecule has 0 aliphatic carbocycles. The largest absolute Gasteiger partial charge is 0.377 e. The van der Waals surface area contributed by atoms with Crippen molar-refractivity contribution in [2.75, 3.05) is 19.0 Å². The van der Waals surface area contributed by atoms with Crippen LogP contribution in [0.1, 0.15) is 11.3 Å². The average molecular weight is 327 g/mol. The molecule has 0 atom stereocenters. The molecule has 0 saturated heterocycles. The predicted octanol–water partition coefficient (Wildman–Crippen LogP) is 1.29. The first-order valence-electron chi connectivity index (χ1n) is 6.24. The molecule has 1 aromatic heterocycles. The normalized spacial score (nSPS) is 11.6. The van der Waals surface area contributed by atoms with Gasteiger partial charge in [-0.15, -0.1) is 0 Å². The Balaban J connectivity index is 2.23. The van der Waals surface area contributed by atoms with E-state index in [4.69, 9.17) is 0 Å². The summed E-state index contributed by atoms with van der Waals surface area (Å²) in [6.45, 7) is 1.99. The maximum atomic E-state index is 12.3. The van der Waals surface area contributed by atoms with E-state index in [1.54, 1.807) is 23.6 Å². The molecule has 2 rings (SSSR count). The molecule has 0 aliphatic heterocycles. The van der Waals surface area contributed by atoms with Gasteiger partial charge in [-0.2, -0.15) is 0 Å². The number of aromatic amines is 1.